The van der Waals surface area contributed by atoms with Crippen LogP contribution in [-0.2, 0) is 6.54 Å². The molecule has 0 bridgehead atoms. The molecule has 0 aromatic carbocycles. The van der Waals surface area contributed by atoms with Crippen LogP contribution in [0.25, 0.3) is 0 Å². The average molecular weight is 336 g/mol. The summed E-state index contributed by atoms with van der Waals surface area (Å²) in [6.07, 6.45) is 7.41. The van der Waals surface area contributed by atoms with E-state index >= 15 is 0 Å². The highest BCUT2D eigenvalue weighted by Gasteiger charge is 2.26. The molecule has 3 rings (SSSR count). The van der Waals surface area contributed by atoms with E-state index in [1.54, 1.807) is 11.3 Å². The molecule has 0 saturated carbocycles. The summed E-state index contributed by atoms with van der Waals surface area (Å²) in [6, 6.07) is 0. The van der Waals surface area contributed by atoms with Gasteiger partial charge in [0.25, 0.3) is 0 Å². The number of rotatable bonds is 4. The van der Waals surface area contributed by atoms with Crippen molar-refractivity contribution in [2.24, 2.45) is 10.9 Å². The lowest BCUT2D eigenvalue weighted by atomic mass is 10.1. The van der Waals surface area contributed by atoms with Gasteiger partial charge >= 0.3 is 0 Å². The maximum absolute atomic E-state index is 4.47. The number of nitrogens with one attached hydrogen (secondary N) is 1. The van der Waals surface area contributed by atoms with Crippen molar-refractivity contribution in [2.75, 3.05) is 39.8 Å². The van der Waals surface area contributed by atoms with Gasteiger partial charge in [0.05, 0.1) is 6.54 Å². The summed E-state index contributed by atoms with van der Waals surface area (Å²) in [4.78, 5) is 15.2. The first kappa shape index (κ1) is 16.7. The fourth-order valence-electron chi connectivity index (χ4n) is 3.65. The van der Waals surface area contributed by atoms with E-state index in [1.807, 2.05) is 13.2 Å². The number of thiazole rings is 1. The van der Waals surface area contributed by atoms with Crippen LogP contribution in [0.5, 0.6) is 0 Å². The molecule has 23 heavy (non-hydrogen) atoms. The molecule has 0 aliphatic carbocycles. The molecule has 5 nitrogen and oxygen atoms in total. The SMILES string of the molecule is CN=C(NCc1ncc(C)s1)N1CCC(CN2CCCCC2)C1. The lowest BCUT2D eigenvalue weighted by molar-refractivity contribution is 0.198. The second kappa shape index (κ2) is 8.11. The van der Waals surface area contributed by atoms with Gasteiger partial charge in [-0.3, -0.25) is 4.99 Å². The normalized spacial score (nSPS) is 23.5. The topological polar surface area (TPSA) is 43.8 Å². The summed E-state index contributed by atoms with van der Waals surface area (Å²) in [5, 5.41) is 4.61. The highest BCUT2D eigenvalue weighted by Crippen LogP contribution is 2.20. The van der Waals surface area contributed by atoms with Crippen molar-refractivity contribution in [3.05, 3.63) is 16.1 Å². The third-order valence-electron chi connectivity index (χ3n) is 4.83. The van der Waals surface area contributed by atoms with Crippen LogP contribution in [0.2, 0.25) is 0 Å². The van der Waals surface area contributed by atoms with E-state index in [2.05, 4.69) is 32.0 Å². The number of aryl methyl sites for hydroxylation is 1. The summed E-state index contributed by atoms with van der Waals surface area (Å²) in [7, 11) is 1.88. The van der Waals surface area contributed by atoms with Crippen molar-refractivity contribution in [1.29, 1.82) is 0 Å². The van der Waals surface area contributed by atoms with E-state index in [4.69, 9.17) is 0 Å². The van der Waals surface area contributed by atoms with E-state index in [9.17, 15) is 0 Å². The van der Waals surface area contributed by atoms with Crippen LogP contribution in [0, 0.1) is 12.8 Å². The Hall–Kier alpha value is -1.14. The number of hydrogen-bond acceptors (Lipinski definition) is 4. The Morgan fingerprint density at radius 3 is 2.87 bits per heavy atom. The van der Waals surface area contributed by atoms with Gasteiger partial charge in [-0.2, -0.15) is 0 Å². The Labute approximate surface area is 143 Å². The van der Waals surface area contributed by atoms with Gasteiger partial charge in [0.15, 0.2) is 5.96 Å². The molecule has 6 heteroatoms. The van der Waals surface area contributed by atoms with Crippen LogP contribution in [0.3, 0.4) is 0 Å². The average Bonchev–Trinajstić information content (AvgIpc) is 3.19. The monoisotopic (exact) mass is 335 g/mol. The van der Waals surface area contributed by atoms with Crippen LogP contribution < -0.4 is 5.32 Å². The molecule has 3 heterocycles. The lowest BCUT2D eigenvalue weighted by Gasteiger charge is -2.29. The highest BCUT2D eigenvalue weighted by atomic mass is 32.1. The number of aromatic nitrogens is 1. The molecule has 1 aromatic rings. The number of nitrogens with zero attached hydrogens (tertiary/aromatic N) is 4. The zero-order chi connectivity index (χ0) is 16.1. The van der Waals surface area contributed by atoms with Crippen molar-refractivity contribution in [3.8, 4) is 0 Å². The molecular formula is C17H29N5S. The predicted octanol–water partition coefficient (Wildman–Crippen LogP) is 2.33. The molecule has 2 fully saturated rings. The maximum Gasteiger partial charge on any atom is 0.194 e. The Kier molecular flexibility index (Phi) is 5.89. The molecule has 2 saturated heterocycles. The van der Waals surface area contributed by atoms with Crippen molar-refractivity contribution in [2.45, 2.75) is 39.2 Å². The minimum atomic E-state index is 0.776. The molecule has 2 aliphatic heterocycles. The van der Waals surface area contributed by atoms with Crippen molar-refractivity contribution < 1.29 is 0 Å². The highest BCUT2D eigenvalue weighted by molar-refractivity contribution is 7.11. The first-order valence-electron chi connectivity index (χ1n) is 8.84. The first-order valence-corrected chi connectivity index (χ1v) is 9.65. The summed E-state index contributed by atoms with van der Waals surface area (Å²) in [5.74, 6) is 1.81. The van der Waals surface area contributed by atoms with Gasteiger partial charge in [0.1, 0.15) is 5.01 Å². The van der Waals surface area contributed by atoms with E-state index < -0.39 is 0 Å². The van der Waals surface area contributed by atoms with Gasteiger partial charge in [-0.05, 0) is 45.2 Å². The maximum atomic E-state index is 4.47. The third kappa shape index (κ3) is 4.67. The molecule has 0 amide bonds. The van der Waals surface area contributed by atoms with E-state index in [1.165, 1.54) is 50.2 Å². The standard InChI is InChI=1S/C17H29N5S/c1-14-10-19-16(23-14)11-20-17(18-2)22-9-6-15(13-22)12-21-7-4-3-5-8-21/h10,15H,3-9,11-13H2,1-2H3,(H,18,20). The van der Waals surface area contributed by atoms with Crippen molar-refractivity contribution in [3.63, 3.8) is 0 Å². The minimum absolute atomic E-state index is 0.776. The zero-order valence-corrected chi connectivity index (χ0v) is 15.2. The van der Waals surface area contributed by atoms with Gasteiger partial charge in [0, 0.05) is 37.8 Å². The Morgan fingerprint density at radius 2 is 2.17 bits per heavy atom. The lowest BCUT2D eigenvalue weighted by Crippen LogP contribution is -2.41. The number of guanidine groups is 1. The Balaban J connectivity index is 1.46. The predicted molar refractivity (Wildman–Crippen MR) is 97.0 cm³/mol. The third-order valence-corrected chi connectivity index (χ3v) is 5.74. The molecule has 2 aliphatic rings. The van der Waals surface area contributed by atoms with Crippen LogP contribution >= 0.6 is 11.3 Å². The van der Waals surface area contributed by atoms with E-state index in [-0.39, 0.29) is 0 Å². The van der Waals surface area contributed by atoms with Crippen LogP contribution in [0.15, 0.2) is 11.2 Å². The summed E-state index contributed by atoms with van der Waals surface area (Å²) < 4.78 is 0. The van der Waals surface area contributed by atoms with Gasteiger partial charge in [0.2, 0.25) is 0 Å². The molecule has 1 unspecified atom stereocenters. The van der Waals surface area contributed by atoms with Gasteiger partial charge in [-0.1, -0.05) is 6.42 Å². The van der Waals surface area contributed by atoms with Crippen LogP contribution in [-0.4, -0.2) is 60.5 Å². The van der Waals surface area contributed by atoms with E-state index in [0.717, 1.165) is 36.5 Å². The van der Waals surface area contributed by atoms with Gasteiger partial charge in [-0.15, -0.1) is 11.3 Å². The quantitative estimate of drug-likeness (QED) is 0.677. The largest absolute Gasteiger partial charge is 0.350 e. The van der Waals surface area contributed by atoms with Crippen LogP contribution in [0.1, 0.15) is 35.6 Å². The van der Waals surface area contributed by atoms with Crippen molar-refractivity contribution in [1.82, 2.24) is 20.1 Å². The fourth-order valence-corrected chi connectivity index (χ4v) is 4.38. The summed E-state index contributed by atoms with van der Waals surface area (Å²) in [6.45, 7) is 8.99. The smallest absolute Gasteiger partial charge is 0.194 e. The zero-order valence-electron chi connectivity index (χ0n) is 14.4. The number of aliphatic imine (C=N–C) groups is 1. The van der Waals surface area contributed by atoms with Crippen LogP contribution in [0.4, 0.5) is 0 Å². The summed E-state index contributed by atoms with van der Waals surface area (Å²) in [5.41, 5.74) is 0. The van der Waals surface area contributed by atoms with E-state index in [0.29, 0.717) is 0 Å². The molecule has 0 spiro atoms. The molecule has 0 radical (unpaired) electrons. The Morgan fingerprint density at radius 1 is 1.35 bits per heavy atom. The number of piperidine rings is 1. The molecule has 1 N–H and O–H groups in total. The number of likely N-dealkylation sites (tertiary alicyclic amines) is 2. The summed E-state index contributed by atoms with van der Waals surface area (Å²) >= 11 is 1.75. The minimum Gasteiger partial charge on any atom is -0.350 e. The van der Waals surface area contributed by atoms with Gasteiger partial charge in [-0.25, -0.2) is 4.98 Å². The first-order chi connectivity index (χ1) is 11.2. The Bertz CT molecular complexity index is 521. The molecule has 128 valence electrons. The molecule has 1 atom stereocenters. The molecule has 1 aromatic heterocycles. The van der Waals surface area contributed by atoms with Gasteiger partial charge < -0.3 is 15.1 Å². The number of hydrogen-bond donors (Lipinski definition) is 1. The second-order valence-corrected chi connectivity index (χ2v) is 8.05. The second-order valence-electron chi connectivity index (χ2n) is 6.73. The van der Waals surface area contributed by atoms with Crippen molar-refractivity contribution >= 4 is 17.3 Å². The fraction of sp³-hybridized carbons (Fsp3) is 0.765. The molecular weight excluding hydrogens is 306 g/mol.